The first-order valence-electron chi connectivity index (χ1n) is 5.33. The van der Waals surface area contributed by atoms with Gasteiger partial charge in [0.15, 0.2) is 0 Å². The molecule has 1 N–H and O–H groups in total. The van der Waals surface area contributed by atoms with E-state index in [-0.39, 0.29) is 0 Å². The lowest BCUT2D eigenvalue weighted by Gasteiger charge is -1.98. The van der Waals surface area contributed by atoms with Crippen molar-refractivity contribution in [3.8, 4) is 0 Å². The van der Waals surface area contributed by atoms with Gasteiger partial charge >= 0.3 is 0 Å². The summed E-state index contributed by atoms with van der Waals surface area (Å²) in [7, 11) is 3.88. The first-order chi connectivity index (χ1) is 7.24. The van der Waals surface area contributed by atoms with Crippen LogP contribution < -0.4 is 5.32 Å². The number of nitrogens with one attached hydrogen (secondary N) is 1. The van der Waals surface area contributed by atoms with Gasteiger partial charge in [0.25, 0.3) is 0 Å². The number of imidazole rings is 1. The maximum atomic E-state index is 4.38. The van der Waals surface area contributed by atoms with Crippen molar-refractivity contribution < 1.29 is 0 Å². The van der Waals surface area contributed by atoms with Crippen molar-refractivity contribution in [3.05, 3.63) is 24.3 Å². The van der Waals surface area contributed by atoms with E-state index >= 15 is 0 Å². The van der Waals surface area contributed by atoms with Crippen LogP contribution in [0.5, 0.6) is 0 Å². The van der Waals surface area contributed by atoms with Crippen LogP contribution in [0.25, 0.3) is 11.0 Å². The molecule has 15 heavy (non-hydrogen) atoms. The van der Waals surface area contributed by atoms with Crippen molar-refractivity contribution in [2.24, 2.45) is 7.05 Å². The van der Waals surface area contributed by atoms with E-state index in [0.29, 0.717) is 0 Å². The van der Waals surface area contributed by atoms with Gasteiger partial charge in [-0.1, -0.05) is 32.4 Å². The van der Waals surface area contributed by atoms with E-state index < -0.39 is 0 Å². The molecule has 0 bridgehead atoms. The Morgan fingerprint density at radius 1 is 1.27 bits per heavy atom. The van der Waals surface area contributed by atoms with Crippen LogP contribution in [0.2, 0.25) is 0 Å². The average molecular weight is 205 g/mol. The number of rotatable bonds is 1. The number of aryl methyl sites for hydroxylation is 1. The van der Waals surface area contributed by atoms with Crippen LogP contribution >= 0.6 is 0 Å². The molecule has 3 nitrogen and oxygen atoms in total. The maximum Gasteiger partial charge on any atom is 0.203 e. The molecule has 0 unspecified atom stereocenters. The van der Waals surface area contributed by atoms with Gasteiger partial charge in [-0.15, -0.1) is 0 Å². The van der Waals surface area contributed by atoms with E-state index in [0.717, 1.165) is 17.0 Å². The summed E-state index contributed by atoms with van der Waals surface area (Å²) in [5.74, 6) is 0.899. The fourth-order valence-electron chi connectivity index (χ4n) is 1.37. The summed E-state index contributed by atoms with van der Waals surface area (Å²) in [4.78, 5) is 4.38. The summed E-state index contributed by atoms with van der Waals surface area (Å²) < 4.78 is 2.04. The number of fused-ring (bicyclic) bond motifs is 1. The molecule has 0 radical (unpaired) electrons. The first-order valence-corrected chi connectivity index (χ1v) is 5.33. The van der Waals surface area contributed by atoms with Gasteiger partial charge in [0.2, 0.25) is 5.95 Å². The Kier molecular flexibility index (Phi) is 4.16. The van der Waals surface area contributed by atoms with Crippen LogP contribution in [0.15, 0.2) is 24.3 Å². The smallest absolute Gasteiger partial charge is 0.203 e. The van der Waals surface area contributed by atoms with Gasteiger partial charge in [0, 0.05) is 14.1 Å². The summed E-state index contributed by atoms with van der Waals surface area (Å²) >= 11 is 0. The third-order valence-electron chi connectivity index (χ3n) is 2.01. The zero-order valence-corrected chi connectivity index (χ0v) is 9.91. The van der Waals surface area contributed by atoms with Crippen LogP contribution in [0.4, 0.5) is 5.95 Å². The minimum Gasteiger partial charge on any atom is -0.359 e. The number of hydrogen-bond acceptors (Lipinski definition) is 2. The molecule has 0 aliphatic carbocycles. The van der Waals surface area contributed by atoms with Crippen molar-refractivity contribution in [1.29, 1.82) is 0 Å². The first kappa shape index (κ1) is 11.6. The highest BCUT2D eigenvalue weighted by atomic mass is 15.2. The molecule has 0 aliphatic rings. The lowest BCUT2D eigenvalue weighted by Crippen LogP contribution is -1.97. The predicted octanol–water partition coefficient (Wildman–Crippen LogP) is 3.03. The number of aromatic nitrogens is 2. The molecule has 3 heteroatoms. The van der Waals surface area contributed by atoms with Crippen molar-refractivity contribution in [2.45, 2.75) is 20.3 Å². The van der Waals surface area contributed by atoms with E-state index in [4.69, 9.17) is 0 Å². The lowest BCUT2D eigenvalue weighted by atomic mass is 10.3. The van der Waals surface area contributed by atoms with Crippen molar-refractivity contribution in [3.63, 3.8) is 0 Å². The lowest BCUT2D eigenvalue weighted by molar-refractivity contribution is 0.952. The third-order valence-corrected chi connectivity index (χ3v) is 2.01. The standard InChI is InChI=1S/C9H11N3.C3H8/c1-10-9-11-7-5-3-4-6-8(7)12(9)2;1-3-2/h3-6H,1-2H3,(H,10,11);3H2,1-2H3. The molecule has 0 aliphatic heterocycles. The van der Waals surface area contributed by atoms with E-state index in [1.165, 1.54) is 6.42 Å². The van der Waals surface area contributed by atoms with Crippen LogP contribution in [0.1, 0.15) is 20.3 Å². The fraction of sp³-hybridized carbons (Fsp3) is 0.417. The molecule has 0 saturated carbocycles. The SMILES string of the molecule is CCC.CNc1nc2ccccc2n1C. The maximum absolute atomic E-state index is 4.38. The molecule has 0 spiro atoms. The summed E-state index contributed by atoms with van der Waals surface area (Å²) in [6.45, 7) is 4.25. The molecule has 0 fully saturated rings. The van der Waals surface area contributed by atoms with E-state index in [9.17, 15) is 0 Å². The topological polar surface area (TPSA) is 29.9 Å². The molecule has 82 valence electrons. The number of para-hydroxylation sites is 2. The van der Waals surface area contributed by atoms with Crippen LogP contribution in [-0.4, -0.2) is 16.6 Å². The molecule has 1 heterocycles. The summed E-state index contributed by atoms with van der Waals surface area (Å²) in [5, 5.41) is 3.04. The van der Waals surface area contributed by atoms with Gasteiger partial charge < -0.3 is 9.88 Å². The number of hydrogen-bond donors (Lipinski definition) is 1. The summed E-state index contributed by atoms with van der Waals surface area (Å²) in [5.41, 5.74) is 2.19. The van der Waals surface area contributed by atoms with E-state index in [2.05, 4.69) is 30.2 Å². The molecule has 0 saturated heterocycles. The van der Waals surface area contributed by atoms with Gasteiger partial charge in [-0.2, -0.15) is 0 Å². The average Bonchev–Trinajstić information content (AvgIpc) is 2.57. The molecular weight excluding hydrogens is 186 g/mol. The Morgan fingerprint density at radius 3 is 2.40 bits per heavy atom. The number of anilines is 1. The minimum absolute atomic E-state index is 0.899. The molecule has 1 aromatic heterocycles. The summed E-state index contributed by atoms with van der Waals surface area (Å²) in [6.07, 6.45) is 1.25. The quantitative estimate of drug-likeness (QED) is 0.775. The zero-order valence-electron chi connectivity index (χ0n) is 9.91. The second-order valence-corrected chi connectivity index (χ2v) is 3.44. The molecular formula is C12H19N3. The monoisotopic (exact) mass is 205 g/mol. The molecule has 0 amide bonds. The summed E-state index contributed by atoms with van der Waals surface area (Å²) in [6, 6.07) is 8.08. The van der Waals surface area contributed by atoms with Gasteiger partial charge in [-0.05, 0) is 12.1 Å². The van der Waals surface area contributed by atoms with Crippen molar-refractivity contribution in [1.82, 2.24) is 9.55 Å². The van der Waals surface area contributed by atoms with Crippen molar-refractivity contribution >= 4 is 17.0 Å². The largest absolute Gasteiger partial charge is 0.359 e. The third kappa shape index (κ3) is 2.49. The molecule has 1 aromatic carbocycles. The van der Waals surface area contributed by atoms with Crippen LogP contribution in [0.3, 0.4) is 0 Å². The Hall–Kier alpha value is -1.51. The zero-order chi connectivity index (χ0) is 11.3. The second-order valence-electron chi connectivity index (χ2n) is 3.44. The normalized spacial score (nSPS) is 9.60. The van der Waals surface area contributed by atoms with E-state index in [1.807, 2.05) is 36.9 Å². The minimum atomic E-state index is 0.899. The number of benzene rings is 1. The van der Waals surface area contributed by atoms with Gasteiger partial charge in [-0.3, -0.25) is 0 Å². The Balaban J connectivity index is 0.000000337. The second kappa shape index (κ2) is 5.39. The number of nitrogens with zero attached hydrogens (tertiary/aromatic N) is 2. The van der Waals surface area contributed by atoms with Crippen LogP contribution in [-0.2, 0) is 7.05 Å². The van der Waals surface area contributed by atoms with Gasteiger partial charge in [0.05, 0.1) is 11.0 Å². The Labute approximate surface area is 91.1 Å². The van der Waals surface area contributed by atoms with E-state index in [1.54, 1.807) is 0 Å². The highest BCUT2D eigenvalue weighted by Crippen LogP contribution is 2.16. The molecule has 2 rings (SSSR count). The Morgan fingerprint density at radius 2 is 1.87 bits per heavy atom. The van der Waals surface area contributed by atoms with Gasteiger partial charge in [0.1, 0.15) is 0 Å². The fourth-order valence-corrected chi connectivity index (χ4v) is 1.37. The predicted molar refractivity (Wildman–Crippen MR) is 66.2 cm³/mol. The van der Waals surface area contributed by atoms with Crippen LogP contribution in [0, 0.1) is 0 Å². The highest BCUT2D eigenvalue weighted by Gasteiger charge is 2.03. The van der Waals surface area contributed by atoms with Gasteiger partial charge in [-0.25, -0.2) is 4.98 Å². The van der Waals surface area contributed by atoms with Crippen molar-refractivity contribution in [2.75, 3.05) is 12.4 Å². The molecule has 0 atom stereocenters. The molecule has 2 aromatic rings. The highest BCUT2D eigenvalue weighted by molar-refractivity contribution is 5.78. The Bertz CT molecular complexity index is 418.